The quantitative estimate of drug-likeness (QED) is 0.510. The van der Waals surface area contributed by atoms with E-state index in [2.05, 4.69) is 9.97 Å². The van der Waals surface area contributed by atoms with E-state index < -0.39 is 11.8 Å². The Morgan fingerprint density at radius 2 is 1.85 bits per heavy atom. The third kappa shape index (κ3) is 3.98. The molecule has 1 amide bonds. The van der Waals surface area contributed by atoms with Crippen molar-refractivity contribution in [2.45, 2.75) is 19.8 Å². The predicted octanol–water partition coefficient (Wildman–Crippen LogP) is 3.68. The van der Waals surface area contributed by atoms with Crippen LogP contribution in [0.3, 0.4) is 0 Å². The van der Waals surface area contributed by atoms with Crippen LogP contribution in [-0.4, -0.2) is 28.2 Å². The molecule has 27 heavy (non-hydrogen) atoms. The zero-order chi connectivity index (χ0) is 19.4. The van der Waals surface area contributed by atoms with Crippen LogP contribution in [0.5, 0.6) is 17.4 Å². The molecule has 1 atom stereocenters. The minimum atomic E-state index is -0.442. The van der Waals surface area contributed by atoms with Crippen molar-refractivity contribution in [1.29, 1.82) is 0 Å². The minimum absolute atomic E-state index is 0.0362. The molecule has 2 heterocycles. The van der Waals surface area contributed by atoms with Gasteiger partial charge < -0.3 is 9.47 Å². The van der Waals surface area contributed by atoms with Crippen LogP contribution in [0.25, 0.3) is 11.0 Å². The zero-order valence-electron chi connectivity index (χ0n) is 15.3. The SMILES string of the molecule is COc1ccc2c(Oc3ccc(C(C(=O)NO)C(C)C)cc3)ccnc2n1. The average Bonchev–Trinajstić information content (AvgIpc) is 2.68. The number of rotatable bonds is 6. The molecule has 0 saturated heterocycles. The van der Waals surface area contributed by atoms with Crippen LogP contribution in [0.15, 0.2) is 48.7 Å². The number of amides is 1. The highest BCUT2D eigenvalue weighted by Gasteiger charge is 2.23. The average molecular weight is 367 g/mol. The van der Waals surface area contributed by atoms with Gasteiger partial charge in [-0.1, -0.05) is 26.0 Å². The molecular formula is C20H21N3O4. The van der Waals surface area contributed by atoms with Crippen molar-refractivity contribution in [2.75, 3.05) is 7.11 Å². The summed E-state index contributed by atoms with van der Waals surface area (Å²) in [5.41, 5.74) is 3.07. The molecule has 3 rings (SSSR count). The highest BCUT2D eigenvalue weighted by Crippen LogP contribution is 2.31. The van der Waals surface area contributed by atoms with Gasteiger partial charge in [0.05, 0.1) is 18.4 Å². The normalized spacial score (nSPS) is 12.0. The lowest BCUT2D eigenvalue weighted by Gasteiger charge is -2.19. The number of aromatic nitrogens is 2. The number of ether oxygens (including phenoxy) is 2. The van der Waals surface area contributed by atoms with Gasteiger partial charge >= 0.3 is 0 Å². The Labute approximate surface area is 156 Å². The van der Waals surface area contributed by atoms with Gasteiger partial charge in [-0.25, -0.2) is 10.5 Å². The second kappa shape index (κ2) is 8.01. The highest BCUT2D eigenvalue weighted by atomic mass is 16.5. The molecule has 0 aliphatic rings. The van der Waals surface area contributed by atoms with Crippen molar-refractivity contribution in [1.82, 2.24) is 15.4 Å². The molecule has 140 valence electrons. The molecule has 2 N–H and O–H groups in total. The molecule has 0 fully saturated rings. The summed E-state index contributed by atoms with van der Waals surface area (Å²) in [5, 5.41) is 9.72. The van der Waals surface area contributed by atoms with Crippen LogP contribution in [0, 0.1) is 5.92 Å². The lowest BCUT2D eigenvalue weighted by molar-refractivity contribution is -0.131. The van der Waals surface area contributed by atoms with E-state index in [9.17, 15) is 4.79 Å². The number of hydrogen-bond acceptors (Lipinski definition) is 6. The number of carbonyl (C=O) groups excluding carboxylic acids is 1. The number of pyridine rings is 2. The maximum atomic E-state index is 11.9. The Morgan fingerprint density at radius 1 is 1.11 bits per heavy atom. The Hall–Kier alpha value is -3.19. The van der Waals surface area contributed by atoms with Gasteiger partial charge in [0.15, 0.2) is 5.65 Å². The minimum Gasteiger partial charge on any atom is -0.481 e. The maximum absolute atomic E-state index is 11.9. The van der Waals surface area contributed by atoms with Gasteiger partial charge in [-0.05, 0) is 35.7 Å². The highest BCUT2D eigenvalue weighted by molar-refractivity contribution is 5.83. The van der Waals surface area contributed by atoms with Gasteiger partial charge in [0, 0.05) is 12.3 Å². The van der Waals surface area contributed by atoms with E-state index in [0.29, 0.717) is 23.0 Å². The Morgan fingerprint density at radius 3 is 2.48 bits per heavy atom. The summed E-state index contributed by atoms with van der Waals surface area (Å²) in [4.78, 5) is 20.5. The van der Waals surface area contributed by atoms with E-state index in [1.807, 2.05) is 32.0 Å². The fourth-order valence-electron chi connectivity index (χ4n) is 2.97. The van der Waals surface area contributed by atoms with Crippen molar-refractivity contribution in [2.24, 2.45) is 5.92 Å². The largest absolute Gasteiger partial charge is 0.481 e. The number of nitrogens with one attached hydrogen (secondary N) is 1. The van der Waals surface area contributed by atoms with Crippen LogP contribution >= 0.6 is 0 Å². The fraction of sp³-hybridized carbons (Fsp3) is 0.250. The first kappa shape index (κ1) is 18.6. The van der Waals surface area contributed by atoms with Gasteiger partial charge in [-0.2, -0.15) is 4.98 Å². The van der Waals surface area contributed by atoms with E-state index in [0.717, 1.165) is 10.9 Å². The van der Waals surface area contributed by atoms with Gasteiger partial charge in [0.25, 0.3) is 5.91 Å². The summed E-state index contributed by atoms with van der Waals surface area (Å²) in [5.74, 6) is 0.888. The van der Waals surface area contributed by atoms with Crippen LogP contribution in [0.1, 0.15) is 25.3 Å². The molecule has 3 aromatic rings. The molecule has 1 aromatic carbocycles. The predicted molar refractivity (Wildman–Crippen MR) is 100 cm³/mol. The van der Waals surface area contributed by atoms with E-state index >= 15 is 0 Å². The number of benzene rings is 1. The van der Waals surface area contributed by atoms with Crippen LogP contribution in [0.4, 0.5) is 0 Å². The molecule has 0 aliphatic carbocycles. The summed E-state index contributed by atoms with van der Waals surface area (Å²) >= 11 is 0. The van der Waals surface area contributed by atoms with Crippen LogP contribution in [-0.2, 0) is 4.79 Å². The van der Waals surface area contributed by atoms with Crippen molar-refractivity contribution < 1.29 is 19.5 Å². The van der Waals surface area contributed by atoms with Crippen LogP contribution in [0.2, 0.25) is 0 Å². The van der Waals surface area contributed by atoms with Crippen molar-refractivity contribution >= 4 is 16.9 Å². The molecule has 0 aliphatic heterocycles. The van der Waals surface area contributed by atoms with E-state index in [1.165, 1.54) is 0 Å². The molecule has 0 bridgehead atoms. The molecular weight excluding hydrogens is 346 g/mol. The van der Waals surface area contributed by atoms with Gasteiger partial charge in [0.2, 0.25) is 5.88 Å². The smallest absolute Gasteiger partial charge is 0.251 e. The second-order valence-corrected chi connectivity index (χ2v) is 6.40. The Bertz CT molecular complexity index is 942. The lowest BCUT2D eigenvalue weighted by atomic mass is 9.88. The summed E-state index contributed by atoms with van der Waals surface area (Å²) in [6, 6.07) is 12.6. The number of nitrogens with zero attached hydrogens (tertiary/aromatic N) is 2. The first-order chi connectivity index (χ1) is 13.0. The number of carbonyl (C=O) groups is 1. The molecule has 0 saturated carbocycles. The van der Waals surface area contributed by atoms with Crippen molar-refractivity contribution in [3.8, 4) is 17.4 Å². The summed E-state index contributed by atoms with van der Waals surface area (Å²) in [6.07, 6.45) is 1.62. The summed E-state index contributed by atoms with van der Waals surface area (Å²) in [6.45, 7) is 3.85. The standard InChI is InChI=1S/C20H21N3O4/c1-12(2)18(20(24)23-25)13-4-6-14(7-5-13)27-16-10-11-21-19-15(16)8-9-17(22-19)26-3/h4-12,18,25H,1-3H3,(H,23,24). The van der Waals surface area contributed by atoms with E-state index in [-0.39, 0.29) is 5.92 Å². The number of hydrogen-bond donors (Lipinski definition) is 2. The first-order valence-corrected chi connectivity index (χ1v) is 8.55. The first-order valence-electron chi connectivity index (χ1n) is 8.55. The van der Waals surface area contributed by atoms with Crippen molar-refractivity contribution in [3.63, 3.8) is 0 Å². The molecule has 7 nitrogen and oxygen atoms in total. The van der Waals surface area contributed by atoms with Crippen molar-refractivity contribution in [3.05, 3.63) is 54.2 Å². The maximum Gasteiger partial charge on any atom is 0.251 e. The van der Waals surface area contributed by atoms with E-state index in [4.69, 9.17) is 14.7 Å². The molecule has 7 heteroatoms. The van der Waals surface area contributed by atoms with E-state index in [1.54, 1.807) is 43.1 Å². The molecule has 0 radical (unpaired) electrons. The topological polar surface area (TPSA) is 93.6 Å². The van der Waals surface area contributed by atoms with Gasteiger partial charge in [-0.15, -0.1) is 0 Å². The zero-order valence-corrected chi connectivity index (χ0v) is 15.3. The second-order valence-electron chi connectivity index (χ2n) is 6.40. The number of fused-ring (bicyclic) bond motifs is 1. The van der Waals surface area contributed by atoms with Gasteiger partial charge in [0.1, 0.15) is 11.5 Å². The molecule has 2 aromatic heterocycles. The van der Waals surface area contributed by atoms with Crippen LogP contribution < -0.4 is 15.0 Å². The molecule has 0 spiro atoms. The Balaban J connectivity index is 1.87. The number of methoxy groups -OCH3 is 1. The third-order valence-electron chi connectivity index (χ3n) is 4.27. The summed E-state index contributed by atoms with van der Waals surface area (Å²) < 4.78 is 11.1. The number of hydroxylamine groups is 1. The summed E-state index contributed by atoms with van der Waals surface area (Å²) in [7, 11) is 1.55. The lowest BCUT2D eigenvalue weighted by Crippen LogP contribution is -2.29. The molecule has 1 unspecified atom stereocenters. The fourth-order valence-corrected chi connectivity index (χ4v) is 2.97. The third-order valence-corrected chi connectivity index (χ3v) is 4.27. The Kier molecular flexibility index (Phi) is 5.52. The monoisotopic (exact) mass is 367 g/mol. The van der Waals surface area contributed by atoms with Gasteiger partial charge in [-0.3, -0.25) is 10.0 Å².